The summed E-state index contributed by atoms with van der Waals surface area (Å²) in [5.74, 6) is -0.140. The Kier molecular flexibility index (Phi) is 6.56. The number of nitro groups is 1. The van der Waals surface area contributed by atoms with E-state index >= 15 is 0 Å². The molecular weight excluding hydrogens is 441 g/mol. The fourth-order valence-corrected chi connectivity index (χ4v) is 4.55. The molecule has 28 heavy (non-hydrogen) atoms. The van der Waals surface area contributed by atoms with Crippen LogP contribution in [0.4, 0.5) is 11.4 Å². The van der Waals surface area contributed by atoms with Crippen molar-refractivity contribution >= 4 is 63.6 Å². The van der Waals surface area contributed by atoms with Gasteiger partial charge >= 0.3 is 0 Å². The Morgan fingerprint density at radius 1 is 1.32 bits per heavy atom. The van der Waals surface area contributed by atoms with Crippen molar-refractivity contribution in [2.45, 2.75) is 11.3 Å². The van der Waals surface area contributed by atoms with E-state index in [2.05, 4.69) is 10.3 Å². The molecule has 0 saturated carbocycles. The third-order valence-corrected chi connectivity index (χ3v) is 6.36. The number of nitro benzene ring substituents is 1. The van der Waals surface area contributed by atoms with Crippen LogP contribution >= 0.6 is 46.3 Å². The van der Waals surface area contributed by atoms with E-state index < -0.39 is 4.92 Å². The highest BCUT2D eigenvalue weighted by Gasteiger charge is 2.15. The molecule has 10 heteroatoms. The zero-order valence-corrected chi connectivity index (χ0v) is 17.6. The van der Waals surface area contributed by atoms with Crippen molar-refractivity contribution in [2.24, 2.45) is 0 Å². The van der Waals surface area contributed by atoms with Gasteiger partial charge in [-0.2, -0.15) is 0 Å². The van der Waals surface area contributed by atoms with Crippen LogP contribution < -0.4 is 5.32 Å². The summed E-state index contributed by atoms with van der Waals surface area (Å²) < 4.78 is 0.715. The molecule has 0 bridgehead atoms. The largest absolute Gasteiger partial charge is 0.325 e. The molecule has 0 spiro atoms. The van der Waals surface area contributed by atoms with Crippen molar-refractivity contribution in [3.8, 4) is 11.3 Å². The van der Waals surface area contributed by atoms with E-state index in [1.165, 1.54) is 35.2 Å². The van der Waals surface area contributed by atoms with E-state index in [9.17, 15) is 14.9 Å². The number of thioether (sulfide) groups is 1. The highest BCUT2D eigenvalue weighted by atomic mass is 35.5. The molecule has 1 aromatic heterocycles. The molecule has 0 unspecified atom stereocenters. The van der Waals surface area contributed by atoms with Crippen molar-refractivity contribution in [1.29, 1.82) is 0 Å². The fourth-order valence-electron chi connectivity index (χ4n) is 2.41. The molecule has 1 N–H and O–H groups in total. The maximum Gasteiger partial charge on any atom is 0.274 e. The van der Waals surface area contributed by atoms with Gasteiger partial charge in [0.1, 0.15) is 0 Å². The lowest BCUT2D eigenvalue weighted by Crippen LogP contribution is -2.15. The van der Waals surface area contributed by atoms with Crippen LogP contribution in [-0.4, -0.2) is 21.6 Å². The first-order chi connectivity index (χ1) is 13.3. The number of nitrogens with zero attached hydrogens (tertiary/aromatic N) is 2. The normalized spacial score (nSPS) is 10.7. The summed E-state index contributed by atoms with van der Waals surface area (Å²) in [5.41, 5.74) is 2.29. The van der Waals surface area contributed by atoms with Gasteiger partial charge in [0.25, 0.3) is 5.69 Å². The number of carbonyl (C=O) groups is 1. The second kappa shape index (κ2) is 8.91. The number of carbonyl (C=O) groups excluding carboxylic acids is 1. The first-order valence-corrected chi connectivity index (χ1v) is 10.5. The molecule has 0 fully saturated rings. The van der Waals surface area contributed by atoms with Gasteiger partial charge in [-0.1, -0.05) is 41.0 Å². The minimum Gasteiger partial charge on any atom is -0.325 e. The molecule has 0 aliphatic rings. The number of nitrogens with one attached hydrogen (secondary N) is 1. The van der Waals surface area contributed by atoms with Crippen molar-refractivity contribution < 1.29 is 9.72 Å². The van der Waals surface area contributed by atoms with Gasteiger partial charge in [0.15, 0.2) is 4.34 Å². The number of aromatic nitrogens is 1. The average Bonchev–Trinajstić information content (AvgIpc) is 3.10. The van der Waals surface area contributed by atoms with Crippen LogP contribution in [0.3, 0.4) is 0 Å². The standard InChI is InChI=1S/C18H13Cl2N3O3S2/c1-10-14(3-2-4-16(10)23(25)26)21-17(24)9-28-18-22-15(8-27-18)12-6-5-11(19)7-13(12)20/h2-8H,9H2,1H3,(H,21,24). The van der Waals surface area contributed by atoms with Gasteiger partial charge in [-0.25, -0.2) is 4.98 Å². The molecule has 0 saturated heterocycles. The zero-order valence-electron chi connectivity index (χ0n) is 14.4. The lowest BCUT2D eigenvalue weighted by molar-refractivity contribution is -0.385. The Bertz CT molecular complexity index is 1060. The van der Waals surface area contributed by atoms with Gasteiger partial charge in [0, 0.05) is 22.0 Å². The van der Waals surface area contributed by atoms with Gasteiger partial charge in [0.05, 0.1) is 32.6 Å². The maximum atomic E-state index is 12.2. The lowest BCUT2D eigenvalue weighted by atomic mass is 10.1. The van der Waals surface area contributed by atoms with Crippen LogP contribution in [0.1, 0.15) is 5.56 Å². The molecule has 3 aromatic rings. The van der Waals surface area contributed by atoms with Gasteiger partial charge in [-0.05, 0) is 31.2 Å². The SMILES string of the molecule is Cc1c(NC(=O)CSc2nc(-c3ccc(Cl)cc3Cl)cs2)cccc1[N+](=O)[O-]. The second-order valence-corrected chi connectivity index (χ2v) is 8.59. The Morgan fingerprint density at radius 3 is 2.82 bits per heavy atom. The quantitative estimate of drug-likeness (QED) is 0.278. The second-order valence-electron chi connectivity index (χ2n) is 5.67. The van der Waals surface area contributed by atoms with Gasteiger partial charge in [0.2, 0.25) is 5.91 Å². The van der Waals surface area contributed by atoms with E-state index in [1.807, 2.05) is 5.38 Å². The molecule has 0 aliphatic carbocycles. The number of amides is 1. The van der Waals surface area contributed by atoms with Crippen molar-refractivity contribution in [1.82, 2.24) is 4.98 Å². The number of anilines is 1. The Labute approximate surface area is 179 Å². The monoisotopic (exact) mass is 453 g/mol. The van der Waals surface area contributed by atoms with E-state index in [1.54, 1.807) is 31.2 Å². The summed E-state index contributed by atoms with van der Waals surface area (Å²) in [7, 11) is 0. The van der Waals surface area contributed by atoms with Crippen LogP contribution in [-0.2, 0) is 4.79 Å². The number of thiazole rings is 1. The van der Waals surface area contributed by atoms with Crippen LogP contribution in [0.25, 0.3) is 11.3 Å². The van der Waals surface area contributed by atoms with Gasteiger partial charge < -0.3 is 5.32 Å². The number of hydrogen-bond acceptors (Lipinski definition) is 6. The molecular formula is C18H13Cl2N3O3S2. The molecule has 1 heterocycles. The summed E-state index contributed by atoms with van der Waals surface area (Å²) >= 11 is 14.8. The molecule has 0 radical (unpaired) electrons. The third-order valence-electron chi connectivity index (χ3n) is 3.79. The topological polar surface area (TPSA) is 85.1 Å². The van der Waals surface area contributed by atoms with E-state index in [0.29, 0.717) is 31.3 Å². The van der Waals surface area contributed by atoms with Crippen LogP contribution in [0.5, 0.6) is 0 Å². The van der Waals surface area contributed by atoms with E-state index in [0.717, 1.165) is 5.56 Å². The third kappa shape index (κ3) is 4.82. The fraction of sp³-hybridized carbons (Fsp3) is 0.111. The van der Waals surface area contributed by atoms with Crippen LogP contribution in [0, 0.1) is 17.0 Å². The predicted octanol–water partition coefficient (Wildman–Crippen LogP) is 6.06. The van der Waals surface area contributed by atoms with E-state index in [4.69, 9.17) is 23.2 Å². The van der Waals surface area contributed by atoms with Crippen molar-refractivity contribution in [2.75, 3.05) is 11.1 Å². The molecule has 0 atom stereocenters. The Balaban J connectivity index is 1.64. The molecule has 144 valence electrons. The summed E-state index contributed by atoms with van der Waals surface area (Å²) in [4.78, 5) is 27.2. The first kappa shape index (κ1) is 20.6. The molecule has 6 nitrogen and oxygen atoms in total. The first-order valence-electron chi connectivity index (χ1n) is 7.92. The average molecular weight is 454 g/mol. The Morgan fingerprint density at radius 2 is 2.11 bits per heavy atom. The van der Waals surface area contributed by atoms with Crippen molar-refractivity contribution in [3.63, 3.8) is 0 Å². The van der Waals surface area contributed by atoms with Gasteiger partial charge in [-0.15, -0.1) is 11.3 Å². The van der Waals surface area contributed by atoms with Crippen LogP contribution in [0.15, 0.2) is 46.1 Å². The summed E-state index contributed by atoms with van der Waals surface area (Å²) in [6, 6.07) is 9.76. The minimum absolute atomic E-state index is 0.0325. The molecule has 1 amide bonds. The van der Waals surface area contributed by atoms with E-state index in [-0.39, 0.29) is 17.3 Å². The number of benzene rings is 2. The smallest absolute Gasteiger partial charge is 0.274 e. The number of rotatable bonds is 6. The predicted molar refractivity (Wildman–Crippen MR) is 115 cm³/mol. The summed E-state index contributed by atoms with van der Waals surface area (Å²) in [6.07, 6.45) is 0. The van der Waals surface area contributed by atoms with Crippen LogP contribution in [0.2, 0.25) is 10.0 Å². The highest BCUT2D eigenvalue weighted by Crippen LogP contribution is 2.33. The van der Waals surface area contributed by atoms with Gasteiger partial charge in [-0.3, -0.25) is 14.9 Å². The summed E-state index contributed by atoms with van der Waals surface area (Å²) in [6.45, 7) is 1.60. The zero-order chi connectivity index (χ0) is 20.3. The maximum absolute atomic E-state index is 12.2. The molecule has 0 aliphatic heterocycles. The number of halogens is 2. The highest BCUT2D eigenvalue weighted by molar-refractivity contribution is 8.01. The molecule has 3 rings (SSSR count). The molecule has 2 aromatic carbocycles. The lowest BCUT2D eigenvalue weighted by Gasteiger charge is -2.07. The van der Waals surface area contributed by atoms with Crippen molar-refractivity contribution in [3.05, 3.63) is 67.5 Å². The number of hydrogen-bond donors (Lipinski definition) is 1. The Hall–Kier alpha value is -2.13. The minimum atomic E-state index is -0.473. The summed E-state index contributed by atoms with van der Waals surface area (Å²) in [5, 5.41) is 16.6.